The number of alkyl halides is 1. The van der Waals surface area contributed by atoms with Crippen molar-refractivity contribution in [2.75, 3.05) is 13.1 Å². The number of hydrogen-bond donors (Lipinski definition) is 2. The van der Waals surface area contributed by atoms with Crippen LogP contribution >= 0.6 is 11.6 Å². The van der Waals surface area contributed by atoms with Gasteiger partial charge in [0.25, 0.3) is 0 Å². The molecule has 0 aliphatic rings. The van der Waals surface area contributed by atoms with Crippen LogP contribution in [0.2, 0.25) is 0 Å². The normalized spacial score (nSPS) is 12.1. The number of amides is 2. The summed E-state index contributed by atoms with van der Waals surface area (Å²) in [5.74, 6) is 0. The fourth-order valence-electron chi connectivity index (χ4n) is 3.17. The molecule has 156 valence electrons. The summed E-state index contributed by atoms with van der Waals surface area (Å²) in [4.78, 5) is 11.4. The highest BCUT2D eigenvalue weighted by atomic mass is 35.5. The van der Waals surface area contributed by atoms with E-state index in [9.17, 15) is 4.79 Å². The zero-order valence-corrected chi connectivity index (χ0v) is 18.3. The number of halogens is 1. The molecule has 3 nitrogen and oxygen atoms in total. The van der Waals surface area contributed by atoms with Crippen LogP contribution in [0, 0.1) is 0 Å². The molecule has 1 atom stereocenters. The minimum atomic E-state index is -0.0986. The molecule has 0 aliphatic heterocycles. The summed E-state index contributed by atoms with van der Waals surface area (Å²) in [5, 5.41) is 5.62. The van der Waals surface area contributed by atoms with Crippen molar-refractivity contribution >= 4 is 17.6 Å². The Morgan fingerprint density at radius 2 is 1.08 bits per heavy atom. The van der Waals surface area contributed by atoms with E-state index >= 15 is 0 Å². The van der Waals surface area contributed by atoms with Crippen molar-refractivity contribution in [3.8, 4) is 0 Å². The Morgan fingerprint density at radius 1 is 0.692 bits per heavy atom. The maximum Gasteiger partial charge on any atom is 0.314 e. The van der Waals surface area contributed by atoms with Crippen LogP contribution in [0.25, 0.3) is 0 Å². The maximum absolute atomic E-state index is 11.4. The first-order valence-corrected chi connectivity index (χ1v) is 11.8. The van der Waals surface area contributed by atoms with E-state index in [1.54, 1.807) is 0 Å². The lowest BCUT2D eigenvalue weighted by Crippen LogP contribution is -2.38. The van der Waals surface area contributed by atoms with Crippen molar-refractivity contribution in [3.05, 3.63) is 0 Å². The van der Waals surface area contributed by atoms with Crippen LogP contribution < -0.4 is 10.6 Å². The van der Waals surface area contributed by atoms with E-state index < -0.39 is 0 Å². The quantitative estimate of drug-likeness (QED) is 0.178. The lowest BCUT2D eigenvalue weighted by Gasteiger charge is -2.08. The van der Waals surface area contributed by atoms with E-state index in [2.05, 4.69) is 17.6 Å². The molecule has 0 bridgehead atoms. The largest absolute Gasteiger partial charge is 0.338 e. The van der Waals surface area contributed by atoms with Gasteiger partial charge in [0.15, 0.2) is 0 Å². The molecule has 0 aromatic rings. The second-order valence-corrected chi connectivity index (χ2v) is 8.47. The van der Waals surface area contributed by atoms with Gasteiger partial charge >= 0.3 is 6.03 Å². The second kappa shape index (κ2) is 20.9. The van der Waals surface area contributed by atoms with Crippen LogP contribution in [-0.2, 0) is 0 Å². The minimum absolute atomic E-state index is 0.0173. The summed E-state index contributed by atoms with van der Waals surface area (Å²) in [7, 11) is 0. The van der Waals surface area contributed by atoms with Crippen LogP contribution in [0.1, 0.15) is 117 Å². The van der Waals surface area contributed by atoms with E-state index in [1.165, 1.54) is 96.3 Å². The van der Waals surface area contributed by atoms with Crippen molar-refractivity contribution in [1.29, 1.82) is 0 Å². The standard InChI is InChI=1S/C22H45ClN2O/c1-3-4-5-6-7-8-9-10-11-12-13-14-15-16-17-18-19-24-22(26)25-20-21(2)23/h21H,3-20H2,1-2H3,(H2,24,25,26). The van der Waals surface area contributed by atoms with E-state index in [4.69, 9.17) is 11.6 Å². The van der Waals surface area contributed by atoms with Crippen LogP contribution in [0.3, 0.4) is 0 Å². The van der Waals surface area contributed by atoms with Gasteiger partial charge in [0.05, 0.1) is 0 Å². The Balaban J connectivity index is 3.08. The second-order valence-electron chi connectivity index (χ2n) is 7.72. The van der Waals surface area contributed by atoms with Gasteiger partial charge in [-0.1, -0.05) is 103 Å². The van der Waals surface area contributed by atoms with Gasteiger partial charge in [-0.05, 0) is 13.3 Å². The summed E-state index contributed by atoms with van der Waals surface area (Å²) in [6, 6.07) is -0.0986. The third-order valence-electron chi connectivity index (χ3n) is 4.86. The van der Waals surface area contributed by atoms with Gasteiger partial charge in [-0.15, -0.1) is 11.6 Å². The predicted molar refractivity (Wildman–Crippen MR) is 116 cm³/mol. The van der Waals surface area contributed by atoms with Gasteiger partial charge in [0.2, 0.25) is 0 Å². The fourth-order valence-corrected chi connectivity index (χ4v) is 3.25. The molecule has 0 saturated heterocycles. The Labute approximate surface area is 168 Å². The van der Waals surface area contributed by atoms with Gasteiger partial charge in [-0.3, -0.25) is 0 Å². The summed E-state index contributed by atoms with van der Waals surface area (Å²) in [5.41, 5.74) is 0. The number of hydrogen-bond acceptors (Lipinski definition) is 1. The van der Waals surface area contributed by atoms with Crippen LogP contribution in [-0.4, -0.2) is 24.5 Å². The average molecular weight is 389 g/mol. The molecule has 2 N–H and O–H groups in total. The molecule has 0 heterocycles. The third kappa shape index (κ3) is 21.6. The molecular formula is C22H45ClN2O. The highest BCUT2D eigenvalue weighted by Gasteiger charge is 2.01. The first kappa shape index (κ1) is 25.6. The van der Waals surface area contributed by atoms with Crippen LogP contribution in [0.15, 0.2) is 0 Å². The van der Waals surface area contributed by atoms with Crippen LogP contribution in [0.4, 0.5) is 4.79 Å². The molecule has 26 heavy (non-hydrogen) atoms. The molecule has 0 saturated carbocycles. The Bertz CT molecular complexity index is 298. The lowest BCUT2D eigenvalue weighted by atomic mass is 10.0. The third-order valence-corrected chi connectivity index (χ3v) is 5.01. The number of nitrogens with one attached hydrogen (secondary N) is 2. The summed E-state index contributed by atoms with van der Waals surface area (Å²) in [6.45, 7) is 5.44. The number of urea groups is 1. The highest BCUT2D eigenvalue weighted by molar-refractivity contribution is 6.20. The van der Waals surface area contributed by atoms with Crippen molar-refractivity contribution in [3.63, 3.8) is 0 Å². The molecule has 0 aromatic heterocycles. The highest BCUT2D eigenvalue weighted by Crippen LogP contribution is 2.13. The first-order valence-electron chi connectivity index (χ1n) is 11.3. The van der Waals surface area contributed by atoms with E-state index in [1.807, 2.05) is 6.92 Å². The van der Waals surface area contributed by atoms with E-state index in [0.717, 1.165) is 13.0 Å². The molecule has 0 radical (unpaired) electrons. The molecule has 0 rings (SSSR count). The SMILES string of the molecule is CCCCCCCCCCCCCCCCCCNC(=O)NCC(C)Cl. The molecule has 0 spiro atoms. The van der Waals surface area contributed by atoms with Gasteiger partial charge in [-0.25, -0.2) is 4.79 Å². The zero-order chi connectivity index (χ0) is 19.3. The van der Waals surface area contributed by atoms with Gasteiger partial charge < -0.3 is 10.6 Å². The van der Waals surface area contributed by atoms with Gasteiger partial charge in [0.1, 0.15) is 0 Å². The van der Waals surface area contributed by atoms with Crippen molar-refractivity contribution in [1.82, 2.24) is 10.6 Å². The minimum Gasteiger partial charge on any atom is -0.338 e. The number of carbonyl (C=O) groups is 1. The van der Waals surface area contributed by atoms with E-state index in [-0.39, 0.29) is 11.4 Å². The van der Waals surface area contributed by atoms with Gasteiger partial charge in [0, 0.05) is 18.5 Å². The molecule has 1 unspecified atom stereocenters. The molecular weight excluding hydrogens is 344 g/mol. The Kier molecular flexibility index (Phi) is 20.5. The lowest BCUT2D eigenvalue weighted by molar-refractivity contribution is 0.240. The Hall–Kier alpha value is -0.440. The van der Waals surface area contributed by atoms with E-state index in [0.29, 0.717) is 6.54 Å². The maximum atomic E-state index is 11.4. The summed E-state index contributed by atoms with van der Waals surface area (Å²) < 4.78 is 0. The Morgan fingerprint density at radius 3 is 1.46 bits per heavy atom. The van der Waals surface area contributed by atoms with Crippen molar-refractivity contribution < 1.29 is 4.79 Å². The summed E-state index contributed by atoms with van der Waals surface area (Å²) >= 11 is 5.79. The monoisotopic (exact) mass is 388 g/mol. The average Bonchev–Trinajstić information content (AvgIpc) is 2.62. The first-order chi connectivity index (χ1) is 12.7. The smallest absolute Gasteiger partial charge is 0.314 e. The van der Waals surface area contributed by atoms with Crippen molar-refractivity contribution in [2.45, 2.75) is 122 Å². The zero-order valence-electron chi connectivity index (χ0n) is 17.6. The molecule has 0 aromatic carbocycles. The van der Waals surface area contributed by atoms with Gasteiger partial charge in [-0.2, -0.15) is 0 Å². The molecule has 0 aliphatic carbocycles. The fraction of sp³-hybridized carbons (Fsp3) is 0.955. The number of rotatable bonds is 19. The van der Waals surface area contributed by atoms with Crippen LogP contribution in [0.5, 0.6) is 0 Å². The summed E-state index contributed by atoms with van der Waals surface area (Å²) in [6.07, 6.45) is 21.9. The number of carbonyl (C=O) groups excluding carboxylic acids is 1. The molecule has 0 fully saturated rings. The van der Waals surface area contributed by atoms with Crippen molar-refractivity contribution in [2.24, 2.45) is 0 Å². The molecule has 4 heteroatoms. The predicted octanol–water partition coefficient (Wildman–Crippen LogP) is 7.17. The number of unbranched alkanes of at least 4 members (excludes halogenated alkanes) is 15. The molecule has 2 amide bonds. The topological polar surface area (TPSA) is 41.1 Å².